The molecule has 180 valence electrons. The zero-order valence-corrected chi connectivity index (χ0v) is 21.1. The van der Waals surface area contributed by atoms with E-state index in [1.165, 1.54) is 11.1 Å². The number of carbonyl (C=O) groups is 1. The number of thioether (sulfide) groups is 1. The maximum atomic E-state index is 12.5. The molecule has 0 radical (unpaired) electrons. The summed E-state index contributed by atoms with van der Waals surface area (Å²) in [7, 11) is 0. The second-order valence-electron chi connectivity index (χ2n) is 8.76. The third-order valence-corrected chi connectivity index (χ3v) is 7.37. The van der Waals surface area contributed by atoms with Gasteiger partial charge in [-0.15, -0.1) is 0 Å². The van der Waals surface area contributed by atoms with Gasteiger partial charge in [-0.25, -0.2) is 0 Å². The number of halogens is 1. The molecule has 8 heteroatoms. The lowest BCUT2D eigenvalue weighted by Gasteiger charge is -2.30. The third kappa shape index (κ3) is 7.32. The van der Waals surface area contributed by atoms with Crippen molar-refractivity contribution in [2.75, 3.05) is 25.4 Å². The zero-order valence-electron chi connectivity index (χ0n) is 19.5. The van der Waals surface area contributed by atoms with Crippen LogP contribution in [-0.2, 0) is 17.1 Å². The molecule has 6 nitrogen and oxygen atoms in total. The second-order valence-corrected chi connectivity index (χ2v) is 10.3. The van der Waals surface area contributed by atoms with E-state index in [0.29, 0.717) is 18.3 Å². The van der Waals surface area contributed by atoms with Crippen molar-refractivity contribution >= 4 is 29.3 Å². The number of likely N-dealkylation sites (tertiary alicyclic amines) is 1. The fourth-order valence-corrected chi connectivity index (χ4v) is 5.15. The number of benzene rings is 2. The highest BCUT2D eigenvalue weighted by atomic mass is 35.5. The minimum atomic E-state index is 0.0844. The smallest absolute Gasteiger partial charge is 0.241 e. The molecule has 3 aromatic rings. The summed E-state index contributed by atoms with van der Waals surface area (Å²) in [5, 5.41) is 8.01. The van der Waals surface area contributed by atoms with Gasteiger partial charge in [0.1, 0.15) is 0 Å². The summed E-state index contributed by atoms with van der Waals surface area (Å²) in [5.41, 5.74) is 3.39. The molecule has 0 unspecified atom stereocenters. The first-order valence-electron chi connectivity index (χ1n) is 11.8. The molecule has 0 saturated carbocycles. The molecule has 2 aromatic carbocycles. The maximum absolute atomic E-state index is 12.5. The van der Waals surface area contributed by atoms with E-state index in [4.69, 9.17) is 16.1 Å². The SMILES string of the molecule is Cc1ccc(-c2noc(CN3CCC(C(=O)NCCCSCc4cccc(Cl)c4)CC3)n2)cc1. The van der Waals surface area contributed by atoms with E-state index in [-0.39, 0.29) is 11.8 Å². The van der Waals surface area contributed by atoms with Crippen molar-refractivity contribution in [1.29, 1.82) is 0 Å². The highest BCUT2D eigenvalue weighted by Gasteiger charge is 2.25. The molecule has 1 N–H and O–H groups in total. The summed E-state index contributed by atoms with van der Waals surface area (Å²) in [6.45, 7) is 5.12. The molecule has 0 aliphatic carbocycles. The van der Waals surface area contributed by atoms with E-state index in [0.717, 1.165) is 61.0 Å². The van der Waals surface area contributed by atoms with E-state index in [2.05, 4.69) is 33.3 Å². The normalized spacial score (nSPS) is 14.9. The maximum Gasteiger partial charge on any atom is 0.241 e. The van der Waals surface area contributed by atoms with E-state index < -0.39 is 0 Å². The largest absolute Gasteiger partial charge is 0.356 e. The number of carbonyl (C=O) groups excluding carboxylic acids is 1. The number of aryl methyl sites for hydroxylation is 1. The van der Waals surface area contributed by atoms with Crippen molar-refractivity contribution in [3.05, 3.63) is 70.6 Å². The quantitative estimate of drug-likeness (QED) is 0.380. The van der Waals surface area contributed by atoms with Crippen LogP contribution >= 0.6 is 23.4 Å². The van der Waals surface area contributed by atoms with Crippen LogP contribution in [0.3, 0.4) is 0 Å². The summed E-state index contributed by atoms with van der Waals surface area (Å²) in [4.78, 5) is 19.4. The van der Waals surface area contributed by atoms with Crippen molar-refractivity contribution in [3.8, 4) is 11.4 Å². The molecular weight excluding hydrogens is 468 g/mol. The van der Waals surface area contributed by atoms with Crippen LogP contribution in [0.1, 0.15) is 36.3 Å². The summed E-state index contributed by atoms with van der Waals surface area (Å²) in [6, 6.07) is 16.1. The molecule has 34 heavy (non-hydrogen) atoms. The van der Waals surface area contributed by atoms with Crippen LogP contribution in [0.2, 0.25) is 5.02 Å². The molecule has 0 atom stereocenters. The molecule has 1 fully saturated rings. The van der Waals surface area contributed by atoms with E-state index in [9.17, 15) is 4.79 Å². The predicted octanol–water partition coefficient (Wildman–Crippen LogP) is 5.35. The number of piperidine rings is 1. The average molecular weight is 499 g/mol. The predicted molar refractivity (Wildman–Crippen MR) is 138 cm³/mol. The summed E-state index contributed by atoms with van der Waals surface area (Å²) in [6.07, 6.45) is 2.68. The highest BCUT2D eigenvalue weighted by Crippen LogP contribution is 2.21. The highest BCUT2D eigenvalue weighted by molar-refractivity contribution is 7.98. The number of hydrogen-bond acceptors (Lipinski definition) is 6. The van der Waals surface area contributed by atoms with Crippen LogP contribution in [0.25, 0.3) is 11.4 Å². The molecule has 0 bridgehead atoms. The number of nitrogens with zero attached hydrogens (tertiary/aromatic N) is 3. The lowest BCUT2D eigenvalue weighted by atomic mass is 9.96. The molecular formula is C26H31ClN4O2S. The Labute approximate surface area is 210 Å². The Morgan fingerprint density at radius 3 is 2.76 bits per heavy atom. The molecule has 1 amide bonds. The Morgan fingerprint density at radius 2 is 2.00 bits per heavy atom. The standard InChI is InChI=1S/C26H31ClN4O2S/c1-19-6-8-21(9-7-19)25-29-24(33-30-25)17-31-13-10-22(11-14-31)26(32)28-12-3-15-34-18-20-4-2-5-23(27)16-20/h2,4-9,16,22H,3,10-15,17-18H2,1H3,(H,28,32). The average Bonchev–Trinajstić information content (AvgIpc) is 3.30. The van der Waals surface area contributed by atoms with E-state index in [1.54, 1.807) is 0 Å². The van der Waals surface area contributed by atoms with Gasteiger partial charge in [-0.3, -0.25) is 9.69 Å². The molecule has 1 aliphatic rings. The Balaban J connectivity index is 1.11. The van der Waals surface area contributed by atoms with Gasteiger partial charge in [-0.05, 0) is 62.7 Å². The zero-order chi connectivity index (χ0) is 23.8. The molecule has 1 saturated heterocycles. The van der Waals surface area contributed by atoms with Gasteiger partial charge in [-0.2, -0.15) is 16.7 Å². The van der Waals surface area contributed by atoms with Crippen molar-refractivity contribution in [2.24, 2.45) is 5.92 Å². The number of rotatable bonds is 10. The van der Waals surface area contributed by atoms with Crippen molar-refractivity contribution in [1.82, 2.24) is 20.4 Å². The van der Waals surface area contributed by atoms with Gasteiger partial charge in [0.15, 0.2) is 0 Å². The first-order chi connectivity index (χ1) is 16.6. The van der Waals surface area contributed by atoms with Crippen molar-refractivity contribution < 1.29 is 9.32 Å². The number of amides is 1. The van der Waals surface area contributed by atoms with Crippen LogP contribution in [-0.4, -0.2) is 46.3 Å². The molecule has 1 aliphatic heterocycles. The number of aromatic nitrogens is 2. The summed E-state index contributed by atoms with van der Waals surface area (Å²) >= 11 is 7.89. The van der Waals surface area contributed by atoms with Crippen molar-refractivity contribution in [3.63, 3.8) is 0 Å². The molecule has 4 rings (SSSR count). The first-order valence-corrected chi connectivity index (χ1v) is 13.3. The number of nitrogens with one attached hydrogen (secondary N) is 1. The van der Waals surface area contributed by atoms with E-state index >= 15 is 0 Å². The van der Waals surface area contributed by atoms with Gasteiger partial charge in [0.2, 0.25) is 17.6 Å². The molecule has 1 aromatic heterocycles. The van der Waals surface area contributed by atoms with Gasteiger partial charge in [-0.1, -0.05) is 58.7 Å². The number of hydrogen-bond donors (Lipinski definition) is 1. The monoisotopic (exact) mass is 498 g/mol. The lowest BCUT2D eigenvalue weighted by molar-refractivity contribution is -0.126. The summed E-state index contributed by atoms with van der Waals surface area (Å²) in [5.74, 6) is 3.46. The fourth-order valence-electron chi connectivity index (χ4n) is 4.03. The molecule has 2 heterocycles. The van der Waals surface area contributed by atoms with Gasteiger partial charge in [0.05, 0.1) is 6.54 Å². The minimum Gasteiger partial charge on any atom is -0.356 e. The van der Waals surface area contributed by atoms with Gasteiger partial charge >= 0.3 is 0 Å². The molecule has 0 spiro atoms. The van der Waals surface area contributed by atoms with Crippen LogP contribution < -0.4 is 5.32 Å². The van der Waals surface area contributed by atoms with Gasteiger partial charge in [0.25, 0.3) is 0 Å². The van der Waals surface area contributed by atoms with Crippen molar-refractivity contribution in [2.45, 2.75) is 38.5 Å². The van der Waals surface area contributed by atoms with Crippen LogP contribution in [0, 0.1) is 12.8 Å². The second kappa shape index (κ2) is 12.4. The van der Waals surface area contributed by atoms with Crippen LogP contribution in [0.15, 0.2) is 53.1 Å². The first kappa shape index (κ1) is 24.8. The summed E-state index contributed by atoms with van der Waals surface area (Å²) < 4.78 is 5.46. The van der Waals surface area contributed by atoms with Crippen LogP contribution in [0.4, 0.5) is 0 Å². The van der Waals surface area contributed by atoms with Gasteiger partial charge in [0, 0.05) is 28.8 Å². The Kier molecular flexibility index (Phi) is 9.02. The van der Waals surface area contributed by atoms with Crippen LogP contribution in [0.5, 0.6) is 0 Å². The minimum absolute atomic E-state index is 0.0844. The third-order valence-electron chi connectivity index (χ3n) is 6.02. The fraction of sp³-hybridized carbons (Fsp3) is 0.423. The van der Waals surface area contributed by atoms with E-state index in [1.807, 2.05) is 54.2 Å². The lowest BCUT2D eigenvalue weighted by Crippen LogP contribution is -2.40. The topological polar surface area (TPSA) is 71.3 Å². The Morgan fingerprint density at radius 1 is 1.21 bits per heavy atom. The Bertz CT molecular complexity index is 1060. The Hall–Kier alpha value is -2.35. The van der Waals surface area contributed by atoms with Gasteiger partial charge < -0.3 is 9.84 Å².